The fourth-order valence-electron chi connectivity index (χ4n) is 4.05. The molecule has 0 bridgehead atoms. The number of amides is 2. The van der Waals surface area contributed by atoms with Gasteiger partial charge in [-0.25, -0.2) is 0 Å². The monoisotopic (exact) mass is 468 g/mol. The number of carbonyl (C=O) groups is 3. The van der Waals surface area contributed by atoms with Gasteiger partial charge in [-0.1, -0.05) is 0 Å². The largest absolute Gasteiger partial charge is 0.490 e. The second-order valence-electron chi connectivity index (χ2n) is 8.32. The Labute approximate surface area is 197 Å². The standard InChI is InChI=1S/C25H28N2O7/c28-23(16-1-6-19(7-2-16)34-20-8-3-17(4-9-20)25(30)31)26-11-12-27-24(29)18-5-10-21-22(15-18)33-14-13-32-21/h1-2,5-7,10,15,17,20H,3-4,8-9,11-14H2,(H,26,28)(H,27,29)(H,30,31)/t17-,20+. The first-order chi connectivity index (χ1) is 16.5. The molecular formula is C25H28N2O7. The molecule has 0 spiro atoms. The molecule has 2 aliphatic rings. The van der Waals surface area contributed by atoms with Gasteiger partial charge < -0.3 is 30.0 Å². The Kier molecular flexibility index (Phi) is 7.51. The Balaban J connectivity index is 1.18. The van der Waals surface area contributed by atoms with Crippen LogP contribution < -0.4 is 24.8 Å². The van der Waals surface area contributed by atoms with Gasteiger partial charge in [0.05, 0.1) is 12.0 Å². The molecule has 3 N–H and O–H groups in total. The topological polar surface area (TPSA) is 123 Å². The molecule has 1 saturated carbocycles. The number of carbonyl (C=O) groups excluding carboxylic acids is 2. The van der Waals surface area contributed by atoms with E-state index in [0.717, 1.165) is 0 Å². The van der Waals surface area contributed by atoms with E-state index >= 15 is 0 Å². The predicted octanol–water partition coefficient (Wildman–Crippen LogP) is 2.64. The first-order valence-corrected chi connectivity index (χ1v) is 11.4. The lowest BCUT2D eigenvalue weighted by Crippen LogP contribution is -2.34. The normalized spacial score (nSPS) is 19.1. The van der Waals surface area contributed by atoms with E-state index in [-0.39, 0.29) is 36.9 Å². The molecule has 0 radical (unpaired) electrons. The van der Waals surface area contributed by atoms with E-state index in [9.17, 15) is 14.4 Å². The second kappa shape index (κ2) is 10.9. The van der Waals surface area contributed by atoms with E-state index in [4.69, 9.17) is 19.3 Å². The van der Waals surface area contributed by atoms with E-state index in [1.807, 2.05) is 0 Å². The molecule has 0 unspecified atom stereocenters. The number of rotatable bonds is 8. The number of ether oxygens (including phenoxy) is 3. The highest BCUT2D eigenvalue weighted by atomic mass is 16.6. The van der Waals surface area contributed by atoms with Crippen LogP contribution >= 0.6 is 0 Å². The van der Waals surface area contributed by atoms with Gasteiger partial charge in [-0.15, -0.1) is 0 Å². The van der Waals surface area contributed by atoms with Crippen LogP contribution in [0.1, 0.15) is 46.4 Å². The first-order valence-electron chi connectivity index (χ1n) is 11.4. The van der Waals surface area contributed by atoms with Crippen LogP contribution in [0.15, 0.2) is 42.5 Å². The molecule has 2 amide bonds. The fourth-order valence-corrected chi connectivity index (χ4v) is 4.05. The molecule has 4 rings (SSSR count). The zero-order valence-corrected chi connectivity index (χ0v) is 18.7. The van der Waals surface area contributed by atoms with Crippen LogP contribution in [0.4, 0.5) is 0 Å². The molecule has 34 heavy (non-hydrogen) atoms. The van der Waals surface area contributed by atoms with Gasteiger partial charge in [0.15, 0.2) is 11.5 Å². The maximum absolute atomic E-state index is 12.4. The van der Waals surface area contributed by atoms with Gasteiger partial charge in [0.1, 0.15) is 19.0 Å². The Morgan fingerprint density at radius 3 is 2.06 bits per heavy atom. The summed E-state index contributed by atoms with van der Waals surface area (Å²) >= 11 is 0. The van der Waals surface area contributed by atoms with Crippen LogP contribution in [0.3, 0.4) is 0 Å². The average molecular weight is 469 g/mol. The molecule has 1 aliphatic heterocycles. The van der Waals surface area contributed by atoms with E-state index in [1.54, 1.807) is 42.5 Å². The lowest BCUT2D eigenvalue weighted by molar-refractivity contribution is -0.143. The summed E-state index contributed by atoms with van der Waals surface area (Å²) < 4.78 is 16.9. The van der Waals surface area contributed by atoms with E-state index < -0.39 is 5.97 Å². The maximum Gasteiger partial charge on any atom is 0.306 e. The number of carboxylic acids is 1. The Morgan fingerprint density at radius 1 is 0.824 bits per heavy atom. The van der Waals surface area contributed by atoms with Crippen molar-refractivity contribution in [2.24, 2.45) is 5.92 Å². The van der Waals surface area contributed by atoms with E-state index in [0.29, 0.717) is 67.3 Å². The smallest absolute Gasteiger partial charge is 0.306 e. The summed E-state index contributed by atoms with van der Waals surface area (Å²) in [6.07, 6.45) is 2.64. The molecule has 1 fully saturated rings. The van der Waals surface area contributed by atoms with Crippen molar-refractivity contribution in [2.75, 3.05) is 26.3 Å². The highest BCUT2D eigenvalue weighted by molar-refractivity contribution is 5.95. The number of hydrogen-bond donors (Lipinski definition) is 3. The summed E-state index contributed by atoms with van der Waals surface area (Å²) in [5.41, 5.74) is 0.947. The van der Waals surface area contributed by atoms with Gasteiger partial charge in [-0.2, -0.15) is 0 Å². The minimum atomic E-state index is -0.739. The fraction of sp³-hybridized carbons (Fsp3) is 0.400. The van der Waals surface area contributed by atoms with Crippen LogP contribution in [0, 0.1) is 5.92 Å². The first kappa shape index (κ1) is 23.4. The molecule has 9 heteroatoms. The van der Waals surface area contributed by atoms with Crippen LogP contribution in [0.2, 0.25) is 0 Å². The molecule has 2 aromatic rings. The minimum Gasteiger partial charge on any atom is -0.490 e. The van der Waals surface area contributed by atoms with Crippen LogP contribution in [0.5, 0.6) is 17.2 Å². The number of aliphatic carboxylic acids is 1. The van der Waals surface area contributed by atoms with Crippen molar-refractivity contribution in [2.45, 2.75) is 31.8 Å². The number of hydrogen-bond acceptors (Lipinski definition) is 6. The van der Waals surface area contributed by atoms with Crippen molar-refractivity contribution in [3.05, 3.63) is 53.6 Å². The molecule has 1 heterocycles. The van der Waals surface area contributed by atoms with Gasteiger partial charge in [0.2, 0.25) is 0 Å². The van der Waals surface area contributed by atoms with Crippen LogP contribution in [-0.4, -0.2) is 55.3 Å². The second-order valence-corrected chi connectivity index (χ2v) is 8.32. The molecule has 0 atom stereocenters. The quantitative estimate of drug-likeness (QED) is 0.509. The molecule has 0 saturated heterocycles. The van der Waals surface area contributed by atoms with Crippen LogP contribution in [0.25, 0.3) is 0 Å². The summed E-state index contributed by atoms with van der Waals surface area (Å²) in [6.45, 7) is 1.49. The number of carboxylic acid groups (broad SMARTS) is 1. The van der Waals surface area contributed by atoms with Gasteiger partial charge >= 0.3 is 5.97 Å². The SMILES string of the molecule is O=C(NCCNC(=O)c1ccc2c(c1)OCCO2)c1ccc(O[C@H]2CC[C@@H](C(=O)O)CC2)cc1. The Bertz CT molecular complexity index is 1030. The third-order valence-corrected chi connectivity index (χ3v) is 5.94. The third-order valence-electron chi connectivity index (χ3n) is 5.94. The number of benzene rings is 2. The van der Waals surface area contributed by atoms with E-state index in [1.165, 1.54) is 0 Å². The summed E-state index contributed by atoms with van der Waals surface area (Å²) in [6, 6.07) is 11.9. The van der Waals surface area contributed by atoms with Crippen molar-refractivity contribution in [1.29, 1.82) is 0 Å². The highest BCUT2D eigenvalue weighted by Gasteiger charge is 2.27. The lowest BCUT2D eigenvalue weighted by atomic mass is 9.87. The van der Waals surface area contributed by atoms with Gasteiger partial charge in [0.25, 0.3) is 11.8 Å². The van der Waals surface area contributed by atoms with Crippen molar-refractivity contribution < 1.29 is 33.7 Å². The van der Waals surface area contributed by atoms with Gasteiger partial charge in [-0.3, -0.25) is 14.4 Å². The van der Waals surface area contributed by atoms with Crippen molar-refractivity contribution >= 4 is 17.8 Å². The number of fused-ring (bicyclic) bond motifs is 1. The minimum absolute atomic E-state index is 0.00640. The third kappa shape index (κ3) is 5.98. The summed E-state index contributed by atoms with van der Waals surface area (Å²) in [4.78, 5) is 35.8. The molecule has 2 aromatic carbocycles. The summed E-state index contributed by atoms with van der Waals surface area (Å²) in [5, 5.41) is 14.6. The molecule has 1 aliphatic carbocycles. The molecule has 180 valence electrons. The van der Waals surface area contributed by atoms with Crippen molar-refractivity contribution in [1.82, 2.24) is 10.6 Å². The van der Waals surface area contributed by atoms with Gasteiger partial charge in [-0.05, 0) is 68.1 Å². The lowest BCUT2D eigenvalue weighted by Gasteiger charge is -2.26. The molecular weight excluding hydrogens is 440 g/mol. The Morgan fingerprint density at radius 2 is 1.41 bits per heavy atom. The zero-order chi connectivity index (χ0) is 23.9. The molecule has 9 nitrogen and oxygen atoms in total. The van der Waals surface area contributed by atoms with E-state index in [2.05, 4.69) is 10.6 Å². The maximum atomic E-state index is 12.4. The summed E-state index contributed by atoms with van der Waals surface area (Å²) in [7, 11) is 0. The highest BCUT2D eigenvalue weighted by Crippen LogP contribution is 2.31. The number of nitrogens with one attached hydrogen (secondary N) is 2. The zero-order valence-electron chi connectivity index (χ0n) is 18.7. The van der Waals surface area contributed by atoms with Crippen molar-refractivity contribution in [3.63, 3.8) is 0 Å². The molecule has 0 aromatic heterocycles. The predicted molar refractivity (Wildman–Crippen MR) is 123 cm³/mol. The average Bonchev–Trinajstić information content (AvgIpc) is 2.87. The summed E-state index contributed by atoms with van der Waals surface area (Å²) in [5.74, 6) is 0.299. The van der Waals surface area contributed by atoms with Crippen LogP contribution in [-0.2, 0) is 4.79 Å². The Hall–Kier alpha value is -3.75. The van der Waals surface area contributed by atoms with Crippen molar-refractivity contribution in [3.8, 4) is 17.2 Å². The van der Waals surface area contributed by atoms with Gasteiger partial charge in [0, 0.05) is 24.2 Å².